The summed E-state index contributed by atoms with van der Waals surface area (Å²) >= 11 is 1.87. The summed E-state index contributed by atoms with van der Waals surface area (Å²) in [7, 11) is 0. The van der Waals surface area contributed by atoms with E-state index in [1.165, 1.54) is 12.8 Å². The van der Waals surface area contributed by atoms with Crippen molar-refractivity contribution in [1.29, 1.82) is 0 Å². The fourth-order valence-electron chi connectivity index (χ4n) is 3.36. The van der Waals surface area contributed by atoms with Gasteiger partial charge in [0, 0.05) is 43.2 Å². The fourth-order valence-corrected chi connectivity index (χ4v) is 4.09. The molecule has 3 rings (SSSR count). The molecular formula is C18H28N4OS. The maximum absolute atomic E-state index is 12.2. The summed E-state index contributed by atoms with van der Waals surface area (Å²) in [6.45, 7) is 5.89. The first-order valence-electron chi connectivity index (χ1n) is 8.82. The van der Waals surface area contributed by atoms with Crippen LogP contribution >= 0.6 is 11.8 Å². The van der Waals surface area contributed by atoms with Crippen molar-refractivity contribution in [2.45, 2.75) is 43.5 Å². The highest BCUT2D eigenvalue weighted by atomic mass is 32.2. The van der Waals surface area contributed by atoms with E-state index in [2.05, 4.69) is 39.8 Å². The van der Waals surface area contributed by atoms with E-state index in [0.717, 1.165) is 38.3 Å². The highest BCUT2D eigenvalue weighted by molar-refractivity contribution is 8.00. The van der Waals surface area contributed by atoms with E-state index in [0.29, 0.717) is 10.7 Å². The summed E-state index contributed by atoms with van der Waals surface area (Å²) < 4.78 is 0.314. The Hall–Kier alpha value is -1.27. The first-order chi connectivity index (χ1) is 11.6. The molecule has 2 fully saturated rings. The van der Waals surface area contributed by atoms with E-state index in [1.54, 1.807) is 0 Å². The van der Waals surface area contributed by atoms with Crippen LogP contribution in [0.25, 0.3) is 0 Å². The molecule has 1 aliphatic carbocycles. The molecule has 1 aromatic rings. The van der Waals surface area contributed by atoms with E-state index >= 15 is 0 Å². The molecule has 24 heavy (non-hydrogen) atoms. The van der Waals surface area contributed by atoms with Crippen LogP contribution in [0.1, 0.15) is 31.9 Å². The Morgan fingerprint density at radius 1 is 1.46 bits per heavy atom. The van der Waals surface area contributed by atoms with Crippen molar-refractivity contribution in [3.8, 4) is 0 Å². The number of nitrogens with one attached hydrogen (secondary N) is 2. The van der Waals surface area contributed by atoms with Gasteiger partial charge in [-0.15, -0.1) is 0 Å². The number of likely N-dealkylation sites (tertiary alicyclic amines) is 1. The van der Waals surface area contributed by atoms with Gasteiger partial charge < -0.3 is 10.6 Å². The Morgan fingerprint density at radius 2 is 2.29 bits per heavy atom. The van der Waals surface area contributed by atoms with Gasteiger partial charge in [-0.2, -0.15) is 11.8 Å². The van der Waals surface area contributed by atoms with Crippen LogP contribution in [-0.4, -0.2) is 52.6 Å². The van der Waals surface area contributed by atoms with Crippen molar-refractivity contribution in [2.75, 3.05) is 25.9 Å². The lowest BCUT2D eigenvalue weighted by atomic mass is 9.94. The number of nitrogens with zero attached hydrogens (tertiary/aromatic N) is 2. The molecule has 6 heteroatoms. The normalized spacial score (nSPS) is 25.9. The topological polar surface area (TPSA) is 57.3 Å². The minimum atomic E-state index is -0.00893. The van der Waals surface area contributed by atoms with Crippen molar-refractivity contribution in [3.05, 3.63) is 30.1 Å². The number of hydrogen-bond acceptors (Lipinski definition) is 4. The molecule has 2 aliphatic rings. The molecule has 1 saturated heterocycles. The number of carbonyl (C=O) groups is 1. The van der Waals surface area contributed by atoms with Crippen LogP contribution in [0.15, 0.2) is 24.4 Å². The van der Waals surface area contributed by atoms with Crippen LogP contribution in [0.2, 0.25) is 0 Å². The summed E-state index contributed by atoms with van der Waals surface area (Å²) in [6, 6.07) is 6.30. The Kier molecular flexibility index (Phi) is 5.66. The molecule has 1 aromatic heterocycles. The first-order valence-corrected chi connectivity index (χ1v) is 10.0. The maximum atomic E-state index is 12.2. The summed E-state index contributed by atoms with van der Waals surface area (Å²) in [5, 5.41) is 6.24. The summed E-state index contributed by atoms with van der Waals surface area (Å²) in [5.41, 5.74) is 1.11. The van der Waals surface area contributed by atoms with Gasteiger partial charge >= 0.3 is 6.03 Å². The molecule has 0 radical (unpaired) electrons. The van der Waals surface area contributed by atoms with Crippen LogP contribution in [-0.2, 0) is 6.54 Å². The van der Waals surface area contributed by atoms with Crippen LogP contribution in [0, 0.1) is 5.92 Å². The van der Waals surface area contributed by atoms with Crippen LogP contribution in [0.5, 0.6) is 0 Å². The van der Waals surface area contributed by atoms with Gasteiger partial charge in [-0.1, -0.05) is 13.0 Å². The van der Waals surface area contributed by atoms with Crippen molar-refractivity contribution in [2.24, 2.45) is 5.92 Å². The lowest BCUT2D eigenvalue weighted by Gasteiger charge is -2.37. The average molecular weight is 349 g/mol. The third-order valence-corrected chi connectivity index (χ3v) is 6.65. The van der Waals surface area contributed by atoms with Gasteiger partial charge in [-0.05, 0) is 43.6 Å². The second-order valence-electron chi connectivity index (χ2n) is 7.14. The van der Waals surface area contributed by atoms with Crippen molar-refractivity contribution >= 4 is 17.8 Å². The van der Waals surface area contributed by atoms with Gasteiger partial charge in [0.25, 0.3) is 0 Å². The third kappa shape index (κ3) is 4.63. The second kappa shape index (κ2) is 7.74. The SMILES string of the molecule is CSC1(CNC(=O)N[C@H]2CCN(Cc3ccccn3)C[C@@H]2C)CC1. The monoisotopic (exact) mass is 348 g/mol. The zero-order chi connectivity index (χ0) is 17.0. The lowest BCUT2D eigenvalue weighted by molar-refractivity contribution is 0.141. The Labute approximate surface area is 149 Å². The number of piperidine rings is 1. The largest absolute Gasteiger partial charge is 0.337 e. The zero-order valence-electron chi connectivity index (χ0n) is 14.6. The van der Waals surface area contributed by atoms with Crippen molar-refractivity contribution < 1.29 is 4.79 Å². The van der Waals surface area contributed by atoms with Crippen LogP contribution in [0.3, 0.4) is 0 Å². The fraction of sp³-hybridized carbons (Fsp3) is 0.667. The van der Waals surface area contributed by atoms with E-state index in [1.807, 2.05) is 30.1 Å². The lowest BCUT2D eigenvalue weighted by Crippen LogP contribution is -2.52. The predicted molar refractivity (Wildman–Crippen MR) is 99.1 cm³/mol. The Morgan fingerprint density at radius 3 is 2.92 bits per heavy atom. The molecule has 0 unspecified atom stereocenters. The highest BCUT2D eigenvalue weighted by Crippen LogP contribution is 2.46. The highest BCUT2D eigenvalue weighted by Gasteiger charge is 2.42. The Balaban J connectivity index is 1.41. The van der Waals surface area contributed by atoms with Gasteiger partial charge in [-0.3, -0.25) is 9.88 Å². The van der Waals surface area contributed by atoms with Gasteiger partial charge in [-0.25, -0.2) is 4.79 Å². The average Bonchev–Trinajstić information content (AvgIpc) is 3.37. The number of thioether (sulfide) groups is 1. The molecule has 0 bridgehead atoms. The van der Waals surface area contributed by atoms with Crippen molar-refractivity contribution in [1.82, 2.24) is 20.5 Å². The van der Waals surface area contributed by atoms with E-state index in [9.17, 15) is 4.79 Å². The molecule has 5 nitrogen and oxygen atoms in total. The molecule has 132 valence electrons. The smallest absolute Gasteiger partial charge is 0.315 e. The second-order valence-corrected chi connectivity index (χ2v) is 8.42. The van der Waals surface area contributed by atoms with E-state index < -0.39 is 0 Å². The standard InChI is InChI=1S/C18H28N4OS/c1-14-11-22(12-15-5-3-4-9-19-15)10-6-16(14)21-17(23)20-13-18(24-2)7-8-18/h3-5,9,14,16H,6-8,10-13H2,1-2H3,(H2,20,21,23)/t14-,16-/m0/s1. The molecule has 1 saturated carbocycles. The number of hydrogen-bond donors (Lipinski definition) is 2. The number of pyridine rings is 1. The van der Waals surface area contributed by atoms with E-state index in [-0.39, 0.29) is 12.1 Å². The van der Waals surface area contributed by atoms with Crippen molar-refractivity contribution in [3.63, 3.8) is 0 Å². The summed E-state index contributed by atoms with van der Waals surface area (Å²) in [6.07, 6.45) is 7.41. The van der Waals surface area contributed by atoms with Crippen LogP contribution < -0.4 is 10.6 Å². The van der Waals surface area contributed by atoms with Gasteiger partial charge in [0.15, 0.2) is 0 Å². The van der Waals surface area contributed by atoms with Crippen LogP contribution in [0.4, 0.5) is 4.79 Å². The number of aromatic nitrogens is 1. The number of amides is 2. The Bertz CT molecular complexity index is 549. The van der Waals surface area contributed by atoms with Gasteiger partial charge in [0.2, 0.25) is 0 Å². The van der Waals surface area contributed by atoms with Gasteiger partial charge in [0.1, 0.15) is 0 Å². The molecule has 2 atom stereocenters. The number of rotatable bonds is 6. The molecule has 0 aromatic carbocycles. The molecule has 0 spiro atoms. The first kappa shape index (κ1) is 17.5. The number of urea groups is 1. The molecule has 2 amide bonds. The molecule has 2 N–H and O–H groups in total. The quantitative estimate of drug-likeness (QED) is 0.829. The molecule has 1 aliphatic heterocycles. The minimum Gasteiger partial charge on any atom is -0.337 e. The van der Waals surface area contributed by atoms with E-state index in [4.69, 9.17) is 0 Å². The third-order valence-electron chi connectivity index (χ3n) is 5.23. The molecule has 2 heterocycles. The number of carbonyl (C=O) groups excluding carboxylic acids is 1. The van der Waals surface area contributed by atoms with Gasteiger partial charge in [0.05, 0.1) is 5.69 Å². The minimum absolute atomic E-state index is 0.00893. The predicted octanol–water partition coefficient (Wildman–Crippen LogP) is 2.49. The zero-order valence-corrected chi connectivity index (χ0v) is 15.4. The maximum Gasteiger partial charge on any atom is 0.315 e. The summed E-state index contributed by atoms with van der Waals surface area (Å²) in [5.74, 6) is 0.448. The molecular weight excluding hydrogens is 320 g/mol. The summed E-state index contributed by atoms with van der Waals surface area (Å²) in [4.78, 5) is 19.0.